The molecule has 0 aliphatic carbocycles. The van der Waals surface area contributed by atoms with E-state index >= 15 is 0 Å². The predicted molar refractivity (Wildman–Crippen MR) is 97.2 cm³/mol. The van der Waals surface area contributed by atoms with Crippen LogP contribution in [0.5, 0.6) is 0 Å². The van der Waals surface area contributed by atoms with Gasteiger partial charge in [0.2, 0.25) is 0 Å². The highest BCUT2D eigenvalue weighted by molar-refractivity contribution is 5.92. The van der Waals surface area contributed by atoms with Gasteiger partial charge in [-0.15, -0.1) is 5.10 Å². The lowest BCUT2D eigenvalue weighted by molar-refractivity contribution is 0.0896. The quantitative estimate of drug-likeness (QED) is 0.881. The van der Waals surface area contributed by atoms with Crippen molar-refractivity contribution in [3.05, 3.63) is 47.5 Å². The Morgan fingerprint density at radius 1 is 1.27 bits per heavy atom. The van der Waals surface area contributed by atoms with E-state index in [4.69, 9.17) is 0 Å². The lowest BCUT2D eigenvalue weighted by Gasteiger charge is -2.31. The second-order valence-electron chi connectivity index (χ2n) is 7.89. The Morgan fingerprint density at radius 3 is 2.54 bits per heavy atom. The van der Waals surface area contributed by atoms with Gasteiger partial charge in [0.15, 0.2) is 5.69 Å². The van der Waals surface area contributed by atoms with Crippen molar-refractivity contribution in [2.75, 3.05) is 13.1 Å². The van der Waals surface area contributed by atoms with Crippen molar-refractivity contribution in [3.63, 3.8) is 0 Å². The van der Waals surface area contributed by atoms with Crippen LogP contribution in [0.4, 0.5) is 4.39 Å². The number of nitrogens with zero attached hydrogens (tertiary/aromatic N) is 3. The molecule has 3 rings (SSSR count). The molecule has 0 bridgehead atoms. The minimum absolute atomic E-state index is 0.238. The summed E-state index contributed by atoms with van der Waals surface area (Å²) in [6, 6.07) is 6.25. The van der Waals surface area contributed by atoms with Crippen molar-refractivity contribution < 1.29 is 9.18 Å². The van der Waals surface area contributed by atoms with Crippen LogP contribution in [0.2, 0.25) is 0 Å². The smallest absolute Gasteiger partial charge is 0.273 e. The maximum atomic E-state index is 13.2. The van der Waals surface area contributed by atoms with Gasteiger partial charge in [-0.25, -0.2) is 9.07 Å². The van der Waals surface area contributed by atoms with Gasteiger partial charge in [-0.3, -0.25) is 4.79 Å². The number of hydrogen-bond acceptors (Lipinski definition) is 4. The fraction of sp³-hybridized carbons (Fsp3) is 0.526. The van der Waals surface area contributed by atoms with E-state index in [0.717, 1.165) is 31.5 Å². The van der Waals surface area contributed by atoms with Crippen LogP contribution in [0.1, 0.15) is 61.7 Å². The molecule has 1 aromatic carbocycles. The van der Waals surface area contributed by atoms with Gasteiger partial charge in [-0.05, 0) is 49.0 Å². The summed E-state index contributed by atoms with van der Waals surface area (Å²) in [5.74, 6) is -0.563. The highest BCUT2D eigenvalue weighted by Crippen LogP contribution is 2.33. The first-order valence-corrected chi connectivity index (χ1v) is 9.03. The molecule has 1 saturated heterocycles. The predicted octanol–water partition coefficient (Wildman–Crippen LogP) is 2.86. The molecule has 1 fully saturated rings. The van der Waals surface area contributed by atoms with E-state index < -0.39 is 0 Å². The Kier molecular flexibility index (Phi) is 5.36. The van der Waals surface area contributed by atoms with E-state index in [9.17, 15) is 9.18 Å². The van der Waals surface area contributed by atoms with Crippen molar-refractivity contribution in [1.29, 1.82) is 0 Å². The van der Waals surface area contributed by atoms with Crippen LogP contribution < -0.4 is 10.6 Å². The molecule has 1 aliphatic rings. The minimum atomic E-state index is -0.294. The molecule has 1 atom stereocenters. The maximum Gasteiger partial charge on any atom is 0.273 e. The summed E-state index contributed by atoms with van der Waals surface area (Å²) in [4.78, 5) is 12.7. The number of aromatic nitrogens is 3. The Bertz CT molecular complexity index is 744. The molecule has 1 aliphatic heterocycles. The minimum Gasteiger partial charge on any atom is -0.343 e. The first-order valence-electron chi connectivity index (χ1n) is 9.03. The van der Waals surface area contributed by atoms with Crippen LogP contribution in [0, 0.1) is 11.2 Å². The standard InChI is InChI=1S/C19H26FN5O/c1-19(2,3)17(13-4-6-14(20)7-5-13)22-18(26)16-12-25(24-23-16)15-8-10-21-11-9-15/h4-7,12,15,17,21H,8-11H2,1-3H3,(H,22,26). The molecule has 2 heterocycles. The Labute approximate surface area is 153 Å². The molecule has 0 spiro atoms. The van der Waals surface area contributed by atoms with Crippen LogP contribution in [-0.2, 0) is 0 Å². The van der Waals surface area contributed by atoms with Crippen molar-refractivity contribution in [2.24, 2.45) is 5.41 Å². The van der Waals surface area contributed by atoms with Crippen LogP contribution in [0.3, 0.4) is 0 Å². The summed E-state index contributed by atoms with van der Waals surface area (Å²) in [5.41, 5.74) is 0.927. The Hall–Kier alpha value is -2.28. The Balaban J connectivity index is 1.75. The van der Waals surface area contributed by atoms with Crippen molar-refractivity contribution >= 4 is 5.91 Å². The largest absolute Gasteiger partial charge is 0.343 e. The molecule has 140 valence electrons. The van der Waals surface area contributed by atoms with Gasteiger partial charge < -0.3 is 10.6 Å². The topological polar surface area (TPSA) is 71.8 Å². The van der Waals surface area contributed by atoms with Crippen LogP contribution >= 0.6 is 0 Å². The van der Waals surface area contributed by atoms with Gasteiger partial charge >= 0.3 is 0 Å². The molecule has 1 amide bonds. The molecule has 0 radical (unpaired) electrons. The van der Waals surface area contributed by atoms with Gasteiger partial charge in [-0.2, -0.15) is 0 Å². The maximum absolute atomic E-state index is 13.2. The zero-order chi connectivity index (χ0) is 18.7. The molecular formula is C19H26FN5O. The zero-order valence-corrected chi connectivity index (χ0v) is 15.5. The third-order valence-corrected chi connectivity index (χ3v) is 4.77. The normalized spacial score (nSPS) is 17.1. The highest BCUT2D eigenvalue weighted by atomic mass is 19.1. The van der Waals surface area contributed by atoms with E-state index in [1.54, 1.807) is 23.0 Å². The summed E-state index contributed by atoms with van der Waals surface area (Å²) >= 11 is 0. The zero-order valence-electron chi connectivity index (χ0n) is 15.5. The average Bonchev–Trinajstić information content (AvgIpc) is 3.10. The molecule has 1 aromatic heterocycles. The SMILES string of the molecule is CC(C)(C)C(NC(=O)c1cn(C2CCNCC2)nn1)c1ccc(F)cc1. The molecule has 2 aromatic rings. The summed E-state index contributed by atoms with van der Waals surface area (Å²) in [6.45, 7) is 8.00. The van der Waals surface area contributed by atoms with Gasteiger partial charge in [0.05, 0.1) is 18.3 Å². The van der Waals surface area contributed by atoms with Gasteiger partial charge in [0, 0.05) is 0 Å². The summed E-state index contributed by atoms with van der Waals surface area (Å²) in [5, 5.41) is 14.5. The van der Waals surface area contributed by atoms with E-state index in [0.29, 0.717) is 5.69 Å². The highest BCUT2D eigenvalue weighted by Gasteiger charge is 2.29. The monoisotopic (exact) mass is 359 g/mol. The fourth-order valence-corrected chi connectivity index (χ4v) is 3.29. The van der Waals surface area contributed by atoms with Gasteiger partial charge in [0.1, 0.15) is 5.82 Å². The number of carbonyl (C=O) groups excluding carboxylic acids is 1. The summed E-state index contributed by atoms with van der Waals surface area (Å²) < 4.78 is 15.0. The number of amides is 1. The number of halogens is 1. The van der Waals surface area contributed by atoms with E-state index in [1.807, 2.05) is 20.8 Å². The van der Waals surface area contributed by atoms with Crippen LogP contribution in [0.15, 0.2) is 30.5 Å². The van der Waals surface area contributed by atoms with Crippen LogP contribution in [-0.4, -0.2) is 34.0 Å². The van der Waals surface area contributed by atoms with E-state index in [2.05, 4.69) is 20.9 Å². The van der Waals surface area contributed by atoms with Crippen LogP contribution in [0.25, 0.3) is 0 Å². The number of rotatable bonds is 4. The number of nitrogens with one attached hydrogen (secondary N) is 2. The van der Waals surface area contributed by atoms with Crippen molar-refractivity contribution in [2.45, 2.75) is 45.7 Å². The van der Waals surface area contributed by atoms with Crippen molar-refractivity contribution in [1.82, 2.24) is 25.6 Å². The average molecular weight is 359 g/mol. The molecule has 1 unspecified atom stereocenters. The second-order valence-corrected chi connectivity index (χ2v) is 7.89. The molecule has 2 N–H and O–H groups in total. The van der Waals surface area contributed by atoms with Gasteiger partial charge in [0.25, 0.3) is 5.91 Å². The number of hydrogen-bond donors (Lipinski definition) is 2. The van der Waals surface area contributed by atoms with Crippen molar-refractivity contribution in [3.8, 4) is 0 Å². The third kappa shape index (κ3) is 4.27. The summed E-state index contributed by atoms with van der Waals surface area (Å²) in [6.07, 6.45) is 3.67. The Morgan fingerprint density at radius 2 is 1.92 bits per heavy atom. The number of piperidine rings is 1. The fourth-order valence-electron chi connectivity index (χ4n) is 3.29. The number of benzene rings is 1. The first kappa shape index (κ1) is 18.5. The third-order valence-electron chi connectivity index (χ3n) is 4.77. The van der Waals surface area contributed by atoms with Gasteiger partial charge in [-0.1, -0.05) is 38.1 Å². The molecule has 6 nitrogen and oxygen atoms in total. The molecule has 26 heavy (non-hydrogen) atoms. The number of carbonyl (C=O) groups is 1. The lowest BCUT2D eigenvalue weighted by atomic mass is 9.82. The summed E-state index contributed by atoms with van der Waals surface area (Å²) in [7, 11) is 0. The van der Waals surface area contributed by atoms with E-state index in [-0.39, 0.29) is 29.2 Å². The molecule has 7 heteroatoms. The molecule has 0 saturated carbocycles. The second kappa shape index (κ2) is 7.53. The lowest BCUT2D eigenvalue weighted by Crippen LogP contribution is -2.36. The first-order chi connectivity index (χ1) is 12.3. The van der Waals surface area contributed by atoms with E-state index in [1.165, 1.54) is 12.1 Å². The molecular weight excluding hydrogens is 333 g/mol.